The Hall–Kier alpha value is -3.77. The van der Waals surface area contributed by atoms with Crippen molar-refractivity contribution in [3.63, 3.8) is 0 Å². The van der Waals surface area contributed by atoms with Gasteiger partial charge >= 0.3 is 0 Å². The van der Waals surface area contributed by atoms with Crippen LogP contribution in [0, 0.1) is 12.8 Å². The minimum atomic E-state index is -3.90. The van der Waals surface area contributed by atoms with Crippen LogP contribution >= 0.6 is 0 Å². The number of benzene rings is 2. The third-order valence-electron chi connectivity index (χ3n) is 7.44. The Labute approximate surface area is 254 Å². The summed E-state index contributed by atoms with van der Waals surface area (Å²) in [5.41, 5.74) is 2.27. The molecule has 0 bridgehead atoms. The second kappa shape index (κ2) is 14.6. The number of ketones is 1. The van der Waals surface area contributed by atoms with Crippen LogP contribution in [0.5, 0.6) is 0 Å². The lowest BCUT2D eigenvalue weighted by Crippen LogP contribution is -2.57. The number of hydrogen-bond acceptors (Lipinski definition) is 7. The molecule has 11 nitrogen and oxygen atoms in total. The minimum absolute atomic E-state index is 0.0473. The first kappa shape index (κ1) is 33.7. The fraction of sp³-hybridized carbons (Fsp3) is 0.484. The third kappa shape index (κ3) is 9.11. The molecule has 1 saturated heterocycles. The van der Waals surface area contributed by atoms with Gasteiger partial charge in [0.15, 0.2) is 5.78 Å². The summed E-state index contributed by atoms with van der Waals surface area (Å²) in [5.74, 6) is -1.50. The number of rotatable bonds is 10. The van der Waals surface area contributed by atoms with E-state index in [2.05, 4.69) is 10.0 Å². The molecule has 43 heavy (non-hydrogen) atoms. The Balaban J connectivity index is 1.65. The molecule has 0 radical (unpaired) electrons. The Bertz CT molecular complexity index is 1410. The lowest BCUT2D eigenvalue weighted by molar-refractivity contribution is -0.144. The molecule has 2 N–H and O–H groups in total. The Morgan fingerprint density at radius 2 is 1.63 bits per heavy atom. The summed E-state index contributed by atoms with van der Waals surface area (Å²) in [5, 5.41) is 2.87. The van der Waals surface area contributed by atoms with E-state index in [1.165, 1.54) is 21.9 Å². The van der Waals surface area contributed by atoms with Crippen molar-refractivity contribution in [3.8, 4) is 0 Å². The van der Waals surface area contributed by atoms with E-state index >= 15 is 0 Å². The Morgan fingerprint density at radius 1 is 1.00 bits per heavy atom. The molecule has 1 fully saturated rings. The highest BCUT2D eigenvalue weighted by atomic mass is 32.2. The van der Waals surface area contributed by atoms with E-state index in [9.17, 15) is 27.6 Å². The fourth-order valence-electron chi connectivity index (χ4n) is 4.83. The predicted octanol–water partition coefficient (Wildman–Crippen LogP) is 2.20. The van der Waals surface area contributed by atoms with Crippen molar-refractivity contribution in [1.82, 2.24) is 19.8 Å². The topological polar surface area (TPSA) is 136 Å². The zero-order chi connectivity index (χ0) is 31.9. The van der Waals surface area contributed by atoms with Crippen LogP contribution < -0.4 is 14.9 Å². The molecule has 1 aliphatic rings. The summed E-state index contributed by atoms with van der Waals surface area (Å²) in [4.78, 5) is 57.7. The molecule has 1 aliphatic heterocycles. The Morgan fingerprint density at radius 3 is 2.21 bits per heavy atom. The van der Waals surface area contributed by atoms with Crippen LogP contribution in [-0.2, 0) is 24.4 Å². The first-order chi connectivity index (χ1) is 20.2. The summed E-state index contributed by atoms with van der Waals surface area (Å²) in [6.45, 7) is 7.00. The standard InChI is InChI=1S/C31H43N5O6S/c1-21(2)18-27(33-30(39)24-10-12-25(13-11-24)34(5)6)31(40)36-17-7-16-35(20-28(37)23(36)4)29(38)19-32-43(41,42)26-14-8-22(3)9-15-26/h8-15,21,23,27,32H,7,16-20H2,1-6H3,(H,33,39). The largest absolute Gasteiger partial charge is 0.378 e. The van der Waals surface area contributed by atoms with Crippen molar-refractivity contribution in [2.45, 2.75) is 57.5 Å². The van der Waals surface area contributed by atoms with Gasteiger partial charge in [-0.05, 0) is 69.0 Å². The number of hydrogen-bond donors (Lipinski definition) is 2. The molecular weight excluding hydrogens is 570 g/mol. The van der Waals surface area contributed by atoms with Crippen molar-refractivity contribution in [2.24, 2.45) is 5.92 Å². The smallest absolute Gasteiger partial charge is 0.251 e. The maximum Gasteiger partial charge on any atom is 0.251 e. The number of Topliss-reactive ketones (excluding diaryl/α,β-unsaturated/α-hetero) is 1. The second-order valence-electron chi connectivity index (χ2n) is 11.6. The zero-order valence-corrected chi connectivity index (χ0v) is 26.6. The number of amides is 3. The van der Waals surface area contributed by atoms with Gasteiger partial charge in [0.1, 0.15) is 6.04 Å². The molecule has 234 valence electrons. The van der Waals surface area contributed by atoms with E-state index in [0.717, 1.165) is 11.3 Å². The van der Waals surface area contributed by atoms with Gasteiger partial charge in [-0.3, -0.25) is 19.2 Å². The van der Waals surface area contributed by atoms with Crippen LogP contribution in [0.1, 0.15) is 49.5 Å². The molecule has 2 atom stereocenters. The SMILES string of the molecule is Cc1ccc(S(=O)(=O)NCC(=O)N2CCCN(C(=O)C(CC(C)C)NC(=O)c3ccc(N(C)C)cc3)C(C)C(=O)C2)cc1. The average Bonchev–Trinajstić information content (AvgIpc) is 2.95. The maximum atomic E-state index is 13.7. The number of anilines is 1. The summed E-state index contributed by atoms with van der Waals surface area (Å²) < 4.78 is 27.5. The lowest BCUT2D eigenvalue weighted by atomic mass is 10.00. The van der Waals surface area contributed by atoms with Crippen LogP contribution in [-0.4, -0.2) is 94.1 Å². The van der Waals surface area contributed by atoms with Crippen molar-refractivity contribution >= 4 is 39.2 Å². The molecule has 3 amide bonds. The number of carbonyl (C=O) groups is 4. The van der Waals surface area contributed by atoms with Crippen LogP contribution in [0.2, 0.25) is 0 Å². The average molecular weight is 614 g/mol. The van der Waals surface area contributed by atoms with Crippen LogP contribution in [0.15, 0.2) is 53.4 Å². The third-order valence-corrected chi connectivity index (χ3v) is 8.86. The fourth-order valence-corrected chi connectivity index (χ4v) is 5.80. The quantitative estimate of drug-likeness (QED) is 0.419. The van der Waals surface area contributed by atoms with E-state index in [1.54, 1.807) is 31.2 Å². The number of carbonyl (C=O) groups excluding carboxylic acids is 4. The van der Waals surface area contributed by atoms with E-state index in [-0.39, 0.29) is 48.0 Å². The molecule has 2 aromatic rings. The van der Waals surface area contributed by atoms with Gasteiger partial charge in [-0.1, -0.05) is 31.5 Å². The van der Waals surface area contributed by atoms with Gasteiger partial charge in [-0.15, -0.1) is 0 Å². The molecular formula is C31H43N5O6S. The molecule has 0 aromatic heterocycles. The van der Waals surface area contributed by atoms with Crippen LogP contribution in [0.3, 0.4) is 0 Å². The minimum Gasteiger partial charge on any atom is -0.378 e. The van der Waals surface area contributed by atoms with Crippen molar-refractivity contribution in [3.05, 3.63) is 59.7 Å². The Kier molecular flexibility index (Phi) is 11.5. The summed E-state index contributed by atoms with van der Waals surface area (Å²) in [6.07, 6.45) is 0.775. The first-order valence-electron chi connectivity index (χ1n) is 14.4. The summed E-state index contributed by atoms with van der Waals surface area (Å²) in [7, 11) is -0.0907. The van der Waals surface area contributed by atoms with E-state index in [1.807, 2.05) is 51.9 Å². The monoisotopic (exact) mass is 613 g/mol. The number of nitrogens with one attached hydrogen (secondary N) is 2. The summed E-state index contributed by atoms with van der Waals surface area (Å²) in [6, 6.07) is 11.7. The van der Waals surface area contributed by atoms with Gasteiger partial charge in [0.25, 0.3) is 5.91 Å². The van der Waals surface area contributed by atoms with E-state index < -0.39 is 34.6 Å². The van der Waals surface area contributed by atoms with Gasteiger partial charge in [0, 0.05) is 38.4 Å². The second-order valence-corrected chi connectivity index (χ2v) is 13.3. The highest BCUT2D eigenvalue weighted by Crippen LogP contribution is 2.17. The number of nitrogens with zero attached hydrogens (tertiary/aromatic N) is 3. The lowest BCUT2D eigenvalue weighted by Gasteiger charge is -2.36. The van der Waals surface area contributed by atoms with E-state index in [0.29, 0.717) is 18.4 Å². The first-order valence-corrected chi connectivity index (χ1v) is 15.9. The predicted molar refractivity (Wildman–Crippen MR) is 165 cm³/mol. The van der Waals surface area contributed by atoms with Gasteiger partial charge < -0.3 is 20.0 Å². The molecule has 2 unspecified atom stereocenters. The molecule has 3 rings (SSSR count). The molecule has 0 aliphatic carbocycles. The molecule has 0 spiro atoms. The zero-order valence-electron chi connectivity index (χ0n) is 25.8. The molecule has 12 heteroatoms. The summed E-state index contributed by atoms with van der Waals surface area (Å²) >= 11 is 0. The van der Waals surface area contributed by atoms with Gasteiger partial charge in [-0.25, -0.2) is 13.1 Å². The highest BCUT2D eigenvalue weighted by molar-refractivity contribution is 7.89. The van der Waals surface area contributed by atoms with Gasteiger partial charge in [0.2, 0.25) is 21.8 Å². The van der Waals surface area contributed by atoms with Crippen LogP contribution in [0.25, 0.3) is 0 Å². The van der Waals surface area contributed by atoms with Crippen molar-refractivity contribution < 1.29 is 27.6 Å². The molecule has 2 aromatic carbocycles. The maximum absolute atomic E-state index is 13.7. The van der Waals surface area contributed by atoms with Crippen LogP contribution in [0.4, 0.5) is 5.69 Å². The normalized spacial score (nSPS) is 16.8. The number of sulfonamides is 1. The van der Waals surface area contributed by atoms with E-state index in [4.69, 9.17) is 0 Å². The van der Waals surface area contributed by atoms with Gasteiger partial charge in [0.05, 0.1) is 24.0 Å². The van der Waals surface area contributed by atoms with Gasteiger partial charge in [-0.2, -0.15) is 0 Å². The molecule has 1 heterocycles. The number of aryl methyl sites for hydroxylation is 1. The highest BCUT2D eigenvalue weighted by Gasteiger charge is 2.35. The van der Waals surface area contributed by atoms with Crippen molar-refractivity contribution in [1.29, 1.82) is 0 Å². The van der Waals surface area contributed by atoms with Crippen molar-refractivity contribution in [2.75, 3.05) is 45.2 Å². The molecule has 0 saturated carbocycles.